The van der Waals surface area contributed by atoms with Gasteiger partial charge in [0.2, 0.25) is 5.91 Å². The zero-order valence-electron chi connectivity index (χ0n) is 17.6. The number of anilines is 1. The maximum atomic E-state index is 13.1. The number of rotatable bonds is 6. The van der Waals surface area contributed by atoms with Gasteiger partial charge in [0.05, 0.1) is 5.56 Å². The maximum absolute atomic E-state index is 13.1. The third-order valence-electron chi connectivity index (χ3n) is 7.20. The van der Waals surface area contributed by atoms with E-state index >= 15 is 0 Å². The molecular weight excluding hydrogens is 400 g/mol. The molecule has 166 valence electrons. The third kappa shape index (κ3) is 4.73. The quantitative estimate of drug-likeness (QED) is 0.514. The van der Waals surface area contributed by atoms with Crippen LogP contribution in [0.1, 0.15) is 85.0 Å². The van der Waals surface area contributed by atoms with Gasteiger partial charge in [0.1, 0.15) is 5.00 Å². The molecule has 2 fully saturated rings. The molecule has 1 aromatic heterocycles. The average Bonchev–Trinajstić information content (AvgIpc) is 3.33. The van der Waals surface area contributed by atoms with Crippen molar-refractivity contribution in [3.63, 3.8) is 0 Å². The summed E-state index contributed by atoms with van der Waals surface area (Å²) in [5, 5.41) is 26.2. The summed E-state index contributed by atoms with van der Waals surface area (Å²) in [6, 6.07) is 0. The first-order valence-electron chi connectivity index (χ1n) is 11.6. The van der Waals surface area contributed by atoms with E-state index in [1.807, 2.05) is 0 Å². The lowest BCUT2D eigenvalue weighted by Gasteiger charge is -2.31. The van der Waals surface area contributed by atoms with Gasteiger partial charge in [-0.3, -0.25) is 9.59 Å². The van der Waals surface area contributed by atoms with Gasteiger partial charge in [-0.15, -0.1) is 11.3 Å². The first-order valence-corrected chi connectivity index (χ1v) is 12.5. The number of carbonyl (C=O) groups is 2. The summed E-state index contributed by atoms with van der Waals surface area (Å²) in [6.07, 6.45) is 10.7. The lowest BCUT2D eigenvalue weighted by molar-refractivity contribution is -0.138. The molecule has 0 radical (unpaired) electrons. The number of nitrogens with one attached hydrogen (secondary N) is 2. The number of carbonyl (C=O) groups excluding carboxylic acids is 2. The molecule has 0 aromatic carbocycles. The van der Waals surface area contributed by atoms with Crippen molar-refractivity contribution in [1.29, 1.82) is 0 Å². The van der Waals surface area contributed by atoms with E-state index in [4.69, 9.17) is 0 Å². The first-order chi connectivity index (χ1) is 14.5. The SMILES string of the molecule is O=C(NCC1CCCCC1)c1c(NC(=O)C2CCCCC2C(O)O)sc2c1CCC2. The fourth-order valence-electron chi connectivity index (χ4n) is 5.50. The van der Waals surface area contributed by atoms with Crippen molar-refractivity contribution in [2.75, 3.05) is 11.9 Å². The molecule has 30 heavy (non-hydrogen) atoms. The summed E-state index contributed by atoms with van der Waals surface area (Å²) in [7, 11) is 0. The highest BCUT2D eigenvalue weighted by atomic mass is 32.1. The van der Waals surface area contributed by atoms with Crippen LogP contribution in [-0.4, -0.2) is 34.9 Å². The second-order valence-corrected chi connectivity index (χ2v) is 10.3. The fraction of sp³-hybridized carbons (Fsp3) is 0.739. The zero-order valence-corrected chi connectivity index (χ0v) is 18.4. The minimum Gasteiger partial charge on any atom is -0.368 e. The van der Waals surface area contributed by atoms with Gasteiger partial charge in [-0.25, -0.2) is 0 Å². The topological polar surface area (TPSA) is 98.7 Å². The molecule has 4 N–H and O–H groups in total. The molecule has 2 amide bonds. The normalized spacial score (nSPS) is 24.6. The Morgan fingerprint density at radius 2 is 1.70 bits per heavy atom. The standard InChI is InChI=1S/C23H34N2O4S/c26-20(15-9-4-5-10-16(15)23(28)29)25-22-19(17-11-6-12-18(17)30-22)21(27)24-13-14-7-2-1-3-8-14/h14-16,23,28-29H,1-13H2,(H,24,27)(H,25,26). The number of amides is 2. The molecule has 2 saturated carbocycles. The van der Waals surface area contributed by atoms with E-state index in [0.29, 0.717) is 35.9 Å². The largest absolute Gasteiger partial charge is 0.368 e. The van der Waals surface area contributed by atoms with Crippen molar-refractivity contribution in [1.82, 2.24) is 5.32 Å². The summed E-state index contributed by atoms with van der Waals surface area (Å²) in [6.45, 7) is 0.707. The summed E-state index contributed by atoms with van der Waals surface area (Å²) in [5.74, 6) is -0.559. The lowest BCUT2D eigenvalue weighted by Crippen LogP contribution is -2.38. The van der Waals surface area contributed by atoms with Crippen LogP contribution in [0.3, 0.4) is 0 Å². The highest BCUT2D eigenvalue weighted by Gasteiger charge is 2.36. The zero-order chi connectivity index (χ0) is 21.1. The molecule has 3 aliphatic rings. The van der Waals surface area contributed by atoms with Crippen molar-refractivity contribution in [3.8, 4) is 0 Å². The Bertz CT molecular complexity index is 769. The number of hydrogen-bond donors (Lipinski definition) is 4. The molecule has 0 bridgehead atoms. The minimum absolute atomic E-state index is 0.0716. The van der Waals surface area contributed by atoms with E-state index in [1.165, 1.54) is 48.3 Å². The number of fused-ring (bicyclic) bond motifs is 1. The van der Waals surface area contributed by atoms with Crippen LogP contribution < -0.4 is 10.6 Å². The molecule has 0 aliphatic heterocycles. The van der Waals surface area contributed by atoms with Crippen LogP contribution in [-0.2, 0) is 17.6 Å². The van der Waals surface area contributed by atoms with Gasteiger partial charge in [-0.2, -0.15) is 0 Å². The highest BCUT2D eigenvalue weighted by Crippen LogP contribution is 2.40. The predicted molar refractivity (Wildman–Crippen MR) is 118 cm³/mol. The lowest BCUT2D eigenvalue weighted by atomic mass is 9.78. The summed E-state index contributed by atoms with van der Waals surface area (Å²) < 4.78 is 0. The van der Waals surface area contributed by atoms with E-state index in [1.54, 1.807) is 0 Å². The molecule has 1 heterocycles. The average molecular weight is 435 g/mol. The highest BCUT2D eigenvalue weighted by molar-refractivity contribution is 7.17. The van der Waals surface area contributed by atoms with Gasteiger partial charge < -0.3 is 20.8 Å². The molecule has 1 aromatic rings. The van der Waals surface area contributed by atoms with Gasteiger partial charge in [0, 0.05) is 23.3 Å². The van der Waals surface area contributed by atoms with E-state index in [2.05, 4.69) is 10.6 Å². The van der Waals surface area contributed by atoms with Crippen LogP contribution in [0.15, 0.2) is 0 Å². The Balaban J connectivity index is 1.48. The Labute approximate surface area is 182 Å². The number of hydrogen-bond acceptors (Lipinski definition) is 5. The Morgan fingerprint density at radius 3 is 2.47 bits per heavy atom. The molecule has 0 saturated heterocycles. The van der Waals surface area contributed by atoms with Crippen LogP contribution in [0.2, 0.25) is 0 Å². The molecule has 2 atom stereocenters. The van der Waals surface area contributed by atoms with Crippen LogP contribution in [0.25, 0.3) is 0 Å². The van der Waals surface area contributed by atoms with E-state index in [9.17, 15) is 19.8 Å². The van der Waals surface area contributed by atoms with E-state index in [-0.39, 0.29) is 11.8 Å². The second-order valence-electron chi connectivity index (χ2n) is 9.23. The summed E-state index contributed by atoms with van der Waals surface area (Å²) in [4.78, 5) is 27.4. The number of aliphatic hydroxyl groups is 2. The molecule has 4 rings (SSSR count). The van der Waals surface area contributed by atoms with Gasteiger partial charge in [-0.1, -0.05) is 32.1 Å². The number of aryl methyl sites for hydroxylation is 1. The molecule has 7 heteroatoms. The van der Waals surface area contributed by atoms with Gasteiger partial charge >= 0.3 is 0 Å². The van der Waals surface area contributed by atoms with Gasteiger partial charge in [-0.05, 0) is 56.4 Å². The smallest absolute Gasteiger partial charge is 0.254 e. The molecular formula is C23H34N2O4S. The monoisotopic (exact) mass is 434 g/mol. The summed E-state index contributed by atoms with van der Waals surface area (Å²) in [5.41, 5.74) is 1.74. The first kappa shape index (κ1) is 21.8. The Kier molecular flexibility index (Phi) is 7.11. The number of aliphatic hydroxyl groups excluding tert-OH is 1. The molecule has 3 aliphatic carbocycles. The molecule has 2 unspecified atom stereocenters. The Hall–Kier alpha value is -1.44. The van der Waals surface area contributed by atoms with Crippen molar-refractivity contribution in [2.45, 2.75) is 83.3 Å². The van der Waals surface area contributed by atoms with Crippen LogP contribution in [0.4, 0.5) is 5.00 Å². The van der Waals surface area contributed by atoms with Crippen LogP contribution >= 0.6 is 11.3 Å². The van der Waals surface area contributed by atoms with Crippen molar-refractivity contribution in [2.24, 2.45) is 17.8 Å². The van der Waals surface area contributed by atoms with Crippen molar-refractivity contribution < 1.29 is 19.8 Å². The maximum Gasteiger partial charge on any atom is 0.254 e. The summed E-state index contributed by atoms with van der Waals surface area (Å²) >= 11 is 1.52. The predicted octanol–water partition coefficient (Wildman–Crippen LogP) is 3.60. The van der Waals surface area contributed by atoms with Crippen molar-refractivity contribution in [3.05, 3.63) is 16.0 Å². The van der Waals surface area contributed by atoms with E-state index in [0.717, 1.165) is 37.7 Å². The van der Waals surface area contributed by atoms with Crippen LogP contribution in [0.5, 0.6) is 0 Å². The van der Waals surface area contributed by atoms with E-state index < -0.39 is 18.1 Å². The number of thiophene rings is 1. The van der Waals surface area contributed by atoms with Gasteiger partial charge in [0.25, 0.3) is 5.91 Å². The second kappa shape index (κ2) is 9.79. The molecule has 0 spiro atoms. The van der Waals surface area contributed by atoms with Crippen molar-refractivity contribution >= 4 is 28.2 Å². The minimum atomic E-state index is -1.48. The third-order valence-corrected chi connectivity index (χ3v) is 8.41. The Morgan fingerprint density at radius 1 is 0.967 bits per heavy atom. The van der Waals surface area contributed by atoms with Gasteiger partial charge in [0.15, 0.2) is 6.29 Å². The van der Waals surface area contributed by atoms with Crippen LogP contribution in [0, 0.1) is 17.8 Å². The fourth-order valence-corrected chi connectivity index (χ4v) is 6.79. The molecule has 6 nitrogen and oxygen atoms in total.